The average molecular weight is 411 g/mol. The first-order valence-electron chi connectivity index (χ1n) is 6.68. The number of nitrogens with two attached hydrogens (primary N) is 1. The molecule has 9 heteroatoms. The molecule has 0 saturated heterocycles. The fraction of sp³-hybridized carbons (Fsp3) is 0. The van der Waals surface area contributed by atoms with E-state index >= 15 is 0 Å². The van der Waals surface area contributed by atoms with E-state index in [1.54, 1.807) is 0 Å². The SMILES string of the molecule is NC(=C(C=O)C=Nc1c(O)c(O)c(Br)c(O)c1O)c1ccc(F)cc1. The van der Waals surface area contributed by atoms with E-state index in [0.717, 1.165) is 18.3 Å². The molecule has 0 heterocycles. The molecule has 0 aliphatic rings. The molecule has 6 N–H and O–H groups in total. The predicted octanol–water partition coefficient (Wildman–Crippen LogP) is 2.68. The van der Waals surface area contributed by atoms with Crippen LogP contribution in [0.15, 0.2) is 39.3 Å². The summed E-state index contributed by atoms with van der Waals surface area (Å²) < 4.78 is 12.6. The summed E-state index contributed by atoms with van der Waals surface area (Å²) in [4.78, 5) is 14.9. The zero-order valence-corrected chi connectivity index (χ0v) is 14.0. The van der Waals surface area contributed by atoms with Crippen LogP contribution < -0.4 is 5.73 Å². The number of nitrogens with zero attached hydrogens (tertiary/aromatic N) is 1. The second-order valence-electron chi connectivity index (χ2n) is 4.81. The second-order valence-corrected chi connectivity index (χ2v) is 5.60. The maximum Gasteiger partial charge on any atom is 0.189 e. The van der Waals surface area contributed by atoms with Crippen molar-refractivity contribution < 1.29 is 29.6 Å². The minimum atomic E-state index is -0.816. The highest BCUT2D eigenvalue weighted by Crippen LogP contribution is 2.53. The van der Waals surface area contributed by atoms with Gasteiger partial charge in [-0.25, -0.2) is 9.38 Å². The van der Waals surface area contributed by atoms with E-state index in [4.69, 9.17) is 5.73 Å². The smallest absolute Gasteiger partial charge is 0.189 e. The van der Waals surface area contributed by atoms with Crippen molar-refractivity contribution in [2.24, 2.45) is 10.7 Å². The third-order valence-corrected chi connectivity index (χ3v) is 3.99. The van der Waals surface area contributed by atoms with Crippen molar-refractivity contribution in [1.29, 1.82) is 0 Å². The van der Waals surface area contributed by atoms with Gasteiger partial charge in [0, 0.05) is 6.21 Å². The third-order valence-electron chi connectivity index (χ3n) is 3.24. The summed E-state index contributed by atoms with van der Waals surface area (Å²) in [6.45, 7) is 0. The molecule has 0 aromatic heterocycles. The molecule has 0 amide bonds. The lowest BCUT2D eigenvalue weighted by Crippen LogP contribution is -2.04. The van der Waals surface area contributed by atoms with Gasteiger partial charge in [0.1, 0.15) is 10.3 Å². The Kier molecular flexibility index (Phi) is 5.28. The first kappa shape index (κ1) is 18.3. The van der Waals surface area contributed by atoms with Crippen molar-refractivity contribution in [3.63, 3.8) is 0 Å². The number of aldehydes is 1. The van der Waals surface area contributed by atoms with Gasteiger partial charge in [-0.15, -0.1) is 0 Å². The quantitative estimate of drug-likeness (QED) is 0.173. The Morgan fingerprint density at radius 2 is 1.56 bits per heavy atom. The van der Waals surface area contributed by atoms with Crippen LogP contribution in [0.1, 0.15) is 5.56 Å². The summed E-state index contributed by atoms with van der Waals surface area (Å²) in [6.07, 6.45) is 1.29. The molecule has 0 unspecified atom stereocenters. The summed E-state index contributed by atoms with van der Waals surface area (Å²) in [6, 6.07) is 5.02. The van der Waals surface area contributed by atoms with Crippen LogP contribution >= 0.6 is 15.9 Å². The van der Waals surface area contributed by atoms with E-state index in [9.17, 15) is 29.6 Å². The molecule has 0 aliphatic carbocycles. The number of carbonyl (C=O) groups is 1. The number of benzene rings is 2. The molecule has 130 valence electrons. The Labute approximate surface area is 149 Å². The first-order valence-corrected chi connectivity index (χ1v) is 7.47. The minimum absolute atomic E-state index is 0.0247. The molecule has 0 atom stereocenters. The topological polar surface area (TPSA) is 136 Å². The van der Waals surface area contributed by atoms with Crippen LogP contribution in [0.3, 0.4) is 0 Å². The molecule has 0 fully saturated rings. The lowest BCUT2D eigenvalue weighted by Gasteiger charge is -2.09. The zero-order valence-electron chi connectivity index (χ0n) is 12.4. The number of aromatic hydroxyl groups is 4. The maximum atomic E-state index is 12.9. The molecule has 0 saturated carbocycles. The number of carbonyl (C=O) groups excluding carboxylic acids is 1. The van der Waals surface area contributed by atoms with E-state index < -0.39 is 34.5 Å². The maximum absolute atomic E-state index is 12.9. The van der Waals surface area contributed by atoms with Crippen molar-refractivity contribution in [3.05, 3.63) is 45.7 Å². The van der Waals surface area contributed by atoms with Gasteiger partial charge in [0.25, 0.3) is 0 Å². The Hall–Kier alpha value is -3.07. The van der Waals surface area contributed by atoms with Crippen LogP contribution in [-0.4, -0.2) is 32.9 Å². The predicted molar refractivity (Wildman–Crippen MR) is 92.5 cm³/mol. The number of aliphatic imine (C=N–C) groups is 1. The molecule has 0 aliphatic heterocycles. The average Bonchev–Trinajstić information content (AvgIpc) is 2.61. The number of hydrogen-bond donors (Lipinski definition) is 5. The number of phenolic OH excluding ortho intramolecular Hbond substituents is 4. The number of allylic oxidation sites excluding steroid dienone is 1. The number of halogens is 2. The largest absolute Gasteiger partial charge is 0.503 e. The van der Waals surface area contributed by atoms with Gasteiger partial charge in [0.15, 0.2) is 35.0 Å². The normalized spacial score (nSPS) is 12.2. The monoisotopic (exact) mass is 410 g/mol. The summed E-state index contributed by atoms with van der Waals surface area (Å²) in [5.41, 5.74) is 5.46. The minimum Gasteiger partial charge on any atom is -0.503 e. The van der Waals surface area contributed by atoms with Gasteiger partial charge in [0.2, 0.25) is 0 Å². The molecule has 0 bridgehead atoms. The van der Waals surface area contributed by atoms with Gasteiger partial charge in [-0.2, -0.15) is 0 Å². The molecule has 2 aromatic rings. The fourth-order valence-electron chi connectivity index (χ4n) is 1.87. The molecule has 7 nitrogen and oxygen atoms in total. The summed E-state index contributed by atoms with van der Waals surface area (Å²) in [5, 5.41) is 38.9. The van der Waals surface area contributed by atoms with E-state index in [0.29, 0.717) is 11.8 Å². The molecule has 2 rings (SSSR count). The fourth-order valence-corrected chi connectivity index (χ4v) is 2.25. The Bertz CT molecular complexity index is 865. The van der Waals surface area contributed by atoms with E-state index in [1.165, 1.54) is 12.1 Å². The summed E-state index contributed by atoms with van der Waals surface area (Å²) in [7, 11) is 0. The van der Waals surface area contributed by atoms with E-state index in [-0.39, 0.29) is 15.7 Å². The van der Waals surface area contributed by atoms with E-state index in [1.807, 2.05) is 0 Å². The van der Waals surface area contributed by atoms with Gasteiger partial charge >= 0.3 is 0 Å². The van der Waals surface area contributed by atoms with Gasteiger partial charge in [-0.3, -0.25) is 4.79 Å². The van der Waals surface area contributed by atoms with Crippen LogP contribution in [0.25, 0.3) is 5.70 Å². The van der Waals surface area contributed by atoms with Crippen LogP contribution in [-0.2, 0) is 4.79 Å². The highest BCUT2D eigenvalue weighted by atomic mass is 79.9. The van der Waals surface area contributed by atoms with Crippen molar-refractivity contribution in [1.82, 2.24) is 0 Å². The molecule has 25 heavy (non-hydrogen) atoms. The summed E-state index contributed by atoms with van der Waals surface area (Å²) >= 11 is 2.78. The van der Waals surface area contributed by atoms with Crippen molar-refractivity contribution >= 4 is 39.8 Å². The van der Waals surface area contributed by atoms with Gasteiger partial charge in [-0.1, -0.05) is 0 Å². The standard InChI is InChI=1S/C16H12BrFN2O5/c17-10-13(22)15(24)12(16(25)14(10)23)20-5-8(6-21)11(19)7-1-3-9(18)4-2-7/h1-6,22-25H,19H2. The van der Waals surface area contributed by atoms with Crippen LogP contribution in [0.2, 0.25) is 0 Å². The third kappa shape index (κ3) is 3.56. The lowest BCUT2D eigenvalue weighted by atomic mass is 10.1. The molecule has 0 radical (unpaired) electrons. The Balaban J connectivity index is 2.51. The van der Waals surface area contributed by atoms with Crippen LogP contribution in [0.4, 0.5) is 10.1 Å². The molecular formula is C16H12BrFN2O5. The van der Waals surface area contributed by atoms with Crippen molar-refractivity contribution in [2.75, 3.05) is 0 Å². The van der Waals surface area contributed by atoms with Gasteiger partial charge in [-0.05, 0) is 45.8 Å². The van der Waals surface area contributed by atoms with Crippen LogP contribution in [0.5, 0.6) is 23.0 Å². The molecular weight excluding hydrogens is 399 g/mol. The van der Waals surface area contributed by atoms with Gasteiger partial charge in [0.05, 0.1) is 11.3 Å². The summed E-state index contributed by atoms with van der Waals surface area (Å²) in [5.74, 6) is -3.60. The van der Waals surface area contributed by atoms with Crippen LogP contribution in [0, 0.1) is 5.82 Å². The molecule has 2 aromatic carbocycles. The van der Waals surface area contributed by atoms with Crippen molar-refractivity contribution in [3.8, 4) is 23.0 Å². The van der Waals surface area contributed by atoms with Gasteiger partial charge < -0.3 is 26.2 Å². The number of phenols is 4. The highest BCUT2D eigenvalue weighted by Gasteiger charge is 2.21. The van der Waals surface area contributed by atoms with Crippen molar-refractivity contribution in [2.45, 2.75) is 0 Å². The Morgan fingerprint density at radius 1 is 1.04 bits per heavy atom. The number of rotatable bonds is 4. The number of hydrogen-bond acceptors (Lipinski definition) is 7. The zero-order chi connectivity index (χ0) is 18.7. The Morgan fingerprint density at radius 3 is 2.04 bits per heavy atom. The van der Waals surface area contributed by atoms with E-state index in [2.05, 4.69) is 20.9 Å². The highest BCUT2D eigenvalue weighted by molar-refractivity contribution is 9.10. The first-order chi connectivity index (χ1) is 11.8. The molecule has 0 spiro atoms. The second kappa shape index (κ2) is 7.22. The lowest BCUT2D eigenvalue weighted by molar-refractivity contribution is -0.104.